The van der Waals surface area contributed by atoms with Crippen molar-refractivity contribution >= 4 is 16.9 Å². The number of primary amides is 1. The topological polar surface area (TPSA) is 56.2 Å². The van der Waals surface area contributed by atoms with Gasteiger partial charge in [0.25, 0.3) is 5.91 Å². The zero-order chi connectivity index (χ0) is 9.97. The van der Waals surface area contributed by atoms with E-state index in [0.29, 0.717) is 0 Å². The molecule has 1 aromatic carbocycles. The van der Waals surface area contributed by atoms with Gasteiger partial charge in [0.05, 0.1) is 6.26 Å². The second-order valence-electron chi connectivity index (χ2n) is 2.79. The van der Waals surface area contributed by atoms with Gasteiger partial charge in [0.15, 0.2) is 0 Å². The van der Waals surface area contributed by atoms with Crippen LogP contribution in [-0.4, -0.2) is 5.91 Å². The Labute approximate surface area is 80.5 Å². The summed E-state index contributed by atoms with van der Waals surface area (Å²) in [7, 11) is 0. The third-order valence-corrected chi connectivity index (χ3v) is 1.78. The van der Waals surface area contributed by atoms with Crippen LogP contribution in [0.4, 0.5) is 0 Å². The van der Waals surface area contributed by atoms with Crippen molar-refractivity contribution in [3.63, 3.8) is 0 Å². The van der Waals surface area contributed by atoms with Gasteiger partial charge in [-0.05, 0) is 30.2 Å². The summed E-state index contributed by atoms with van der Waals surface area (Å²) >= 11 is 0. The molecule has 3 heteroatoms. The van der Waals surface area contributed by atoms with Gasteiger partial charge >= 0.3 is 0 Å². The molecular weight excluding hydrogens is 178 g/mol. The second kappa shape index (κ2) is 3.27. The Hall–Kier alpha value is -2.21. The summed E-state index contributed by atoms with van der Waals surface area (Å²) in [6.07, 6.45) is 1.61. The van der Waals surface area contributed by atoms with E-state index in [1.807, 2.05) is 12.1 Å². The number of benzene rings is 1. The first-order valence-corrected chi connectivity index (χ1v) is 4.04. The highest BCUT2D eigenvalue weighted by molar-refractivity contribution is 5.92. The second-order valence-corrected chi connectivity index (χ2v) is 2.79. The fourth-order valence-electron chi connectivity index (χ4n) is 1.18. The van der Waals surface area contributed by atoms with Crippen LogP contribution >= 0.6 is 0 Å². The SMILES string of the molecule is NC(=O)C#Cc1ccc2occc2c1. The Kier molecular flexibility index (Phi) is 1.96. The van der Waals surface area contributed by atoms with E-state index >= 15 is 0 Å². The molecule has 0 aliphatic carbocycles. The summed E-state index contributed by atoms with van der Waals surface area (Å²) in [5.41, 5.74) is 6.45. The van der Waals surface area contributed by atoms with E-state index in [2.05, 4.69) is 11.8 Å². The minimum atomic E-state index is -0.628. The maximum Gasteiger partial charge on any atom is 0.293 e. The van der Waals surface area contributed by atoms with Gasteiger partial charge in [-0.2, -0.15) is 0 Å². The molecule has 0 radical (unpaired) electrons. The number of fused-ring (bicyclic) bond motifs is 1. The smallest absolute Gasteiger partial charge is 0.293 e. The molecule has 2 N–H and O–H groups in total. The van der Waals surface area contributed by atoms with Crippen LogP contribution in [0.3, 0.4) is 0 Å². The van der Waals surface area contributed by atoms with Gasteiger partial charge in [0.1, 0.15) is 5.58 Å². The quantitative estimate of drug-likeness (QED) is 0.628. The van der Waals surface area contributed by atoms with E-state index in [9.17, 15) is 4.79 Å². The number of carbonyl (C=O) groups is 1. The third-order valence-electron chi connectivity index (χ3n) is 1.78. The number of carbonyl (C=O) groups excluding carboxylic acids is 1. The largest absolute Gasteiger partial charge is 0.464 e. The highest BCUT2D eigenvalue weighted by Crippen LogP contribution is 2.16. The summed E-state index contributed by atoms with van der Waals surface area (Å²) in [6.45, 7) is 0. The number of rotatable bonds is 0. The number of amides is 1. The number of furan rings is 1. The van der Waals surface area contributed by atoms with Crippen molar-refractivity contribution in [3.05, 3.63) is 36.1 Å². The molecule has 0 spiro atoms. The van der Waals surface area contributed by atoms with Gasteiger partial charge in [-0.25, -0.2) is 0 Å². The normalized spacial score (nSPS) is 9.43. The average Bonchev–Trinajstić information content (AvgIpc) is 2.61. The minimum absolute atomic E-state index is 0.628. The molecule has 0 unspecified atom stereocenters. The summed E-state index contributed by atoms with van der Waals surface area (Å²) in [5, 5.41) is 0.960. The Morgan fingerprint density at radius 3 is 3.00 bits per heavy atom. The molecule has 1 heterocycles. The first kappa shape index (κ1) is 8.39. The van der Waals surface area contributed by atoms with Crippen molar-refractivity contribution in [3.8, 4) is 11.8 Å². The molecule has 68 valence electrons. The summed E-state index contributed by atoms with van der Waals surface area (Å²) in [4.78, 5) is 10.4. The van der Waals surface area contributed by atoms with Crippen LogP contribution in [0.2, 0.25) is 0 Å². The van der Waals surface area contributed by atoms with Crippen molar-refractivity contribution in [1.82, 2.24) is 0 Å². The van der Waals surface area contributed by atoms with Gasteiger partial charge in [-0.15, -0.1) is 0 Å². The molecular formula is C11H7NO2. The summed E-state index contributed by atoms with van der Waals surface area (Å²) in [6, 6.07) is 7.27. The minimum Gasteiger partial charge on any atom is -0.464 e. The Balaban J connectivity index is 2.45. The molecule has 2 aromatic rings. The molecule has 0 aliphatic heterocycles. The Morgan fingerprint density at radius 2 is 2.21 bits per heavy atom. The number of hydrogen-bond donors (Lipinski definition) is 1. The van der Waals surface area contributed by atoms with Gasteiger partial charge in [-0.1, -0.05) is 5.92 Å². The third kappa shape index (κ3) is 1.59. The van der Waals surface area contributed by atoms with Gasteiger partial charge in [0, 0.05) is 10.9 Å². The Bertz CT molecular complexity index is 543. The lowest BCUT2D eigenvalue weighted by molar-refractivity contribution is -0.112. The standard InChI is InChI=1S/C11H7NO2/c12-11(13)4-2-8-1-3-10-9(7-8)5-6-14-10/h1,3,5-7H,(H2,12,13). The molecule has 1 amide bonds. The van der Waals surface area contributed by atoms with Crippen LogP contribution in [0.15, 0.2) is 34.9 Å². The van der Waals surface area contributed by atoms with Crippen LogP contribution in [0.1, 0.15) is 5.56 Å². The molecule has 0 fully saturated rings. The van der Waals surface area contributed by atoms with Crippen LogP contribution in [0.5, 0.6) is 0 Å². The molecule has 0 saturated carbocycles. The molecule has 0 aliphatic rings. The lowest BCUT2D eigenvalue weighted by Crippen LogP contribution is -2.06. The number of hydrogen-bond acceptors (Lipinski definition) is 2. The maximum atomic E-state index is 10.4. The molecule has 0 bridgehead atoms. The van der Waals surface area contributed by atoms with E-state index in [0.717, 1.165) is 16.5 Å². The highest BCUT2D eigenvalue weighted by atomic mass is 16.3. The first-order valence-electron chi connectivity index (χ1n) is 4.04. The monoisotopic (exact) mass is 185 g/mol. The van der Waals surface area contributed by atoms with Gasteiger partial charge in [-0.3, -0.25) is 4.79 Å². The van der Waals surface area contributed by atoms with E-state index in [4.69, 9.17) is 10.2 Å². The van der Waals surface area contributed by atoms with Crippen molar-refractivity contribution in [2.75, 3.05) is 0 Å². The van der Waals surface area contributed by atoms with E-state index in [-0.39, 0.29) is 0 Å². The Morgan fingerprint density at radius 1 is 1.36 bits per heavy atom. The van der Waals surface area contributed by atoms with Gasteiger partial charge in [0.2, 0.25) is 0 Å². The van der Waals surface area contributed by atoms with Crippen LogP contribution < -0.4 is 5.73 Å². The van der Waals surface area contributed by atoms with E-state index in [1.54, 1.807) is 18.4 Å². The highest BCUT2D eigenvalue weighted by Gasteiger charge is 1.96. The first-order chi connectivity index (χ1) is 6.75. The zero-order valence-electron chi connectivity index (χ0n) is 7.28. The average molecular weight is 185 g/mol. The summed E-state index contributed by atoms with van der Waals surface area (Å²) in [5.74, 6) is 4.31. The predicted molar refractivity (Wildman–Crippen MR) is 52.3 cm³/mol. The molecule has 0 saturated heterocycles. The molecule has 1 aromatic heterocycles. The zero-order valence-corrected chi connectivity index (χ0v) is 7.28. The van der Waals surface area contributed by atoms with Crippen molar-refractivity contribution in [2.24, 2.45) is 5.73 Å². The van der Waals surface area contributed by atoms with Crippen molar-refractivity contribution < 1.29 is 9.21 Å². The lowest BCUT2D eigenvalue weighted by atomic mass is 10.2. The molecule has 3 nitrogen and oxygen atoms in total. The van der Waals surface area contributed by atoms with Crippen LogP contribution in [-0.2, 0) is 4.79 Å². The molecule has 2 rings (SSSR count). The number of nitrogens with two attached hydrogens (primary N) is 1. The van der Waals surface area contributed by atoms with Gasteiger partial charge < -0.3 is 10.2 Å². The fourth-order valence-corrected chi connectivity index (χ4v) is 1.18. The van der Waals surface area contributed by atoms with E-state index < -0.39 is 5.91 Å². The maximum absolute atomic E-state index is 10.4. The fraction of sp³-hybridized carbons (Fsp3) is 0. The van der Waals surface area contributed by atoms with Crippen LogP contribution in [0.25, 0.3) is 11.0 Å². The predicted octanol–water partition coefficient (Wildman–Crippen LogP) is 1.27. The van der Waals surface area contributed by atoms with E-state index in [1.165, 1.54) is 0 Å². The van der Waals surface area contributed by atoms with Crippen molar-refractivity contribution in [1.29, 1.82) is 0 Å². The lowest BCUT2D eigenvalue weighted by Gasteiger charge is -1.89. The van der Waals surface area contributed by atoms with Crippen LogP contribution in [0, 0.1) is 11.8 Å². The summed E-state index contributed by atoms with van der Waals surface area (Å²) < 4.78 is 5.16. The molecule has 0 atom stereocenters. The van der Waals surface area contributed by atoms with Crippen molar-refractivity contribution in [2.45, 2.75) is 0 Å². The molecule has 14 heavy (non-hydrogen) atoms.